The Morgan fingerprint density at radius 3 is 2.40 bits per heavy atom. The summed E-state index contributed by atoms with van der Waals surface area (Å²) in [6.45, 7) is 4.59. The lowest BCUT2D eigenvalue weighted by molar-refractivity contribution is -0.128. The van der Waals surface area contributed by atoms with Crippen molar-refractivity contribution in [2.24, 2.45) is 5.92 Å². The number of amides is 1. The van der Waals surface area contributed by atoms with Crippen molar-refractivity contribution in [2.75, 3.05) is 32.8 Å². The van der Waals surface area contributed by atoms with E-state index in [1.165, 1.54) is 38.5 Å². The monoisotopic (exact) mass is 280 g/mol. The topological polar surface area (TPSA) is 41.6 Å². The van der Waals surface area contributed by atoms with Gasteiger partial charge in [0.1, 0.15) is 0 Å². The molecule has 1 aliphatic heterocycles. The normalized spacial score (nSPS) is 27.8. The average molecular weight is 280 g/mol. The highest BCUT2D eigenvalue weighted by Crippen LogP contribution is 2.34. The minimum atomic E-state index is 0.210. The van der Waals surface area contributed by atoms with E-state index in [1.807, 2.05) is 0 Å². The number of rotatable bonds is 4. The molecule has 2 aliphatic carbocycles. The van der Waals surface area contributed by atoms with Crippen LogP contribution in [0.5, 0.6) is 0 Å². The molecule has 114 valence electrons. The van der Waals surface area contributed by atoms with Crippen molar-refractivity contribution in [1.82, 2.24) is 10.2 Å². The van der Waals surface area contributed by atoms with Crippen molar-refractivity contribution in [2.45, 2.75) is 56.9 Å². The Morgan fingerprint density at radius 1 is 1.10 bits per heavy atom. The molecule has 0 unspecified atom stereocenters. The maximum Gasteiger partial charge on any atom is 0.223 e. The zero-order chi connectivity index (χ0) is 13.8. The maximum absolute atomic E-state index is 12.1. The van der Waals surface area contributed by atoms with E-state index in [0.29, 0.717) is 11.8 Å². The van der Waals surface area contributed by atoms with Gasteiger partial charge in [0.05, 0.1) is 13.2 Å². The zero-order valence-electron chi connectivity index (χ0n) is 12.5. The van der Waals surface area contributed by atoms with Crippen LogP contribution in [0.2, 0.25) is 0 Å². The SMILES string of the molecule is O=C(NCC1(N2CCOCC2)CCCCC1)C1CCC1. The smallest absolute Gasteiger partial charge is 0.223 e. The molecule has 3 aliphatic rings. The van der Waals surface area contributed by atoms with Gasteiger partial charge in [-0.25, -0.2) is 0 Å². The number of morpholine rings is 1. The van der Waals surface area contributed by atoms with E-state index in [2.05, 4.69) is 10.2 Å². The molecule has 1 saturated heterocycles. The summed E-state index contributed by atoms with van der Waals surface area (Å²) < 4.78 is 5.50. The van der Waals surface area contributed by atoms with Gasteiger partial charge in [-0.05, 0) is 25.7 Å². The number of nitrogens with zero attached hydrogens (tertiary/aromatic N) is 1. The molecule has 0 aromatic rings. The third kappa shape index (κ3) is 3.01. The quantitative estimate of drug-likeness (QED) is 0.855. The molecular weight excluding hydrogens is 252 g/mol. The average Bonchev–Trinajstić information content (AvgIpc) is 2.45. The molecule has 0 aromatic carbocycles. The summed E-state index contributed by atoms with van der Waals surface area (Å²) in [6.07, 6.45) is 9.84. The summed E-state index contributed by atoms with van der Waals surface area (Å²) in [6, 6.07) is 0. The lowest BCUT2D eigenvalue weighted by atomic mass is 9.79. The van der Waals surface area contributed by atoms with Crippen LogP contribution in [-0.4, -0.2) is 49.2 Å². The van der Waals surface area contributed by atoms with Crippen molar-refractivity contribution < 1.29 is 9.53 Å². The predicted molar refractivity (Wildman–Crippen MR) is 78.6 cm³/mol. The number of ether oxygens (including phenoxy) is 1. The molecule has 20 heavy (non-hydrogen) atoms. The maximum atomic E-state index is 12.1. The largest absolute Gasteiger partial charge is 0.379 e. The zero-order valence-corrected chi connectivity index (χ0v) is 12.5. The first-order valence-corrected chi connectivity index (χ1v) is 8.41. The fourth-order valence-corrected chi connectivity index (χ4v) is 3.92. The van der Waals surface area contributed by atoms with Crippen molar-refractivity contribution in [3.63, 3.8) is 0 Å². The van der Waals surface area contributed by atoms with E-state index in [9.17, 15) is 4.79 Å². The Kier molecular flexibility index (Phi) is 4.61. The van der Waals surface area contributed by atoms with Gasteiger partial charge in [-0.1, -0.05) is 25.7 Å². The van der Waals surface area contributed by atoms with Crippen LogP contribution in [0.1, 0.15) is 51.4 Å². The molecule has 1 N–H and O–H groups in total. The summed E-state index contributed by atoms with van der Waals surface area (Å²) >= 11 is 0. The molecule has 1 heterocycles. The van der Waals surface area contributed by atoms with Crippen LogP contribution in [0.25, 0.3) is 0 Å². The van der Waals surface area contributed by atoms with E-state index >= 15 is 0 Å². The molecule has 4 nitrogen and oxygen atoms in total. The first-order chi connectivity index (χ1) is 9.80. The van der Waals surface area contributed by atoms with Crippen LogP contribution in [0.3, 0.4) is 0 Å². The molecule has 0 aromatic heterocycles. The van der Waals surface area contributed by atoms with Gasteiger partial charge in [-0.3, -0.25) is 9.69 Å². The summed E-state index contributed by atoms with van der Waals surface area (Å²) in [5, 5.41) is 3.27. The Bertz CT molecular complexity index is 329. The van der Waals surface area contributed by atoms with Crippen LogP contribution in [0, 0.1) is 5.92 Å². The van der Waals surface area contributed by atoms with Crippen LogP contribution in [0.15, 0.2) is 0 Å². The molecule has 0 radical (unpaired) electrons. The predicted octanol–water partition coefficient (Wildman–Crippen LogP) is 1.94. The number of hydrogen-bond acceptors (Lipinski definition) is 3. The van der Waals surface area contributed by atoms with Gasteiger partial charge in [0.25, 0.3) is 0 Å². The summed E-state index contributed by atoms with van der Waals surface area (Å²) in [5.41, 5.74) is 0.210. The number of nitrogens with one attached hydrogen (secondary N) is 1. The van der Waals surface area contributed by atoms with Gasteiger partial charge in [-0.15, -0.1) is 0 Å². The second kappa shape index (κ2) is 6.44. The van der Waals surface area contributed by atoms with Gasteiger partial charge in [0.15, 0.2) is 0 Å². The van der Waals surface area contributed by atoms with Crippen LogP contribution < -0.4 is 5.32 Å². The summed E-state index contributed by atoms with van der Waals surface area (Å²) in [5.74, 6) is 0.606. The minimum absolute atomic E-state index is 0.210. The Morgan fingerprint density at radius 2 is 1.80 bits per heavy atom. The summed E-state index contributed by atoms with van der Waals surface area (Å²) in [4.78, 5) is 14.7. The summed E-state index contributed by atoms with van der Waals surface area (Å²) in [7, 11) is 0. The molecular formula is C16H28N2O2. The second-order valence-corrected chi connectivity index (χ2v) is 6.73. The number of carbonyl (C=O) groups is 1. The van der Waals surface area contributed by atoms with E-state index in [0.717, 1.165) is 45.7 Å². The standard InChI is InChI=1S/C16H28N2O2/c19-15(14-5-4-6-14)17-13-16(7-2-1-3-8-16)18-9-11-20-12-10-18/h14H,1-13H2,(H,17,19). The highest BCUT2D eigenvalue weighted by Gasteiger charge is 2.39. The van der Waals surface area contributed by atoms with Crippen LogP contribution in [-0.2, 0) is 9.53 Å². The van der Waals surface area contributed by atoms with Crippen molar-refractivity contribution in [1.29, 1.82) is 0 Å². The molecule has 4 heteroatoms. The van der Waals surface area contributed by atoms with E-state index < -0.39 is 0 Å². The lowest BCUT2D eigenvalue weighted by Crippen LogP contribution is -2.60. The second-order valence-electron chi connectivity index (χ2n) is 6.73. The van der Waals surface area contributed by atoms with Gasteiger partial charge >= 0.3 is 0 Å². The third-order valence-corrected chi connectivity index (χ3v) is 5.53. The van der Waals surface area contributed by atoms with Crippen molar-refractivity contribution in [3.05, 3.63) is 0 Å². The van der Waals surface area contributed by atoms with E-state index in [1.54, 1.807) is 0 Å². The first kappa shape index (κ1) is 14.3. The van der Waals surface area contributed by atoms with Crippen LogP contribution >= 0.6 is 0 Å². The molecule has 1 amide bonds. The fraction of sp³-hybridized carbons (Fsp3) is 0.938. The Labute approximate surface area is 122 Å². The highest BCUT2D eigenvalue weighted by atomic mass is 16.5. The molecule has 3 fully saturated rings. The first-order valence-electron chi connectivity index (χ1n) is 8.41. The van der Waals surface area contributed by atoms with Crippen molar-refractivity contribution in [3.8, 4) is 0 Å². The van der Waals surface area contributed by atoms with E-state index in [-0.39, 0.29) is 5.54 Å². The molecule has 3 rings (SSSR count). The van der Waals surface area contributed by atoms with E-state index in [4.69, 9.17) is 4.74 Å². The van der Waals surface area contributed by atoms with Gasteiger partial charge in [0.2, 0.25) is 5.91 Å². The minimum Gasteiger partial charge on any atom is -0.379 e. The Balaban J connectivity index is 1.60. The fourth-order valence-electron chi connectivity index (χ4n) is 3.92. The van der Waals surface area contributed by atoms with Gasteiger partial charge < -0.3 is 10.1 Å². The lowest BCUT2D eigenvalue weighted by Gasteiger charge is -2.48. The third-order valence-electron chi connectivity index (χ3n) is 5.53. The van der Waals surface area contributed by atoms with Crippen molar-refractivity contribution >= 4 is 5.91 Å². The highest BCUT2D eigenvalue weighted by molar-refractivity contribution is 5.79. The molecule has 0 atom stereocenters. The molecule has 2 saturated carbocycles. The molecule has 0 spiro atoms. The van der Waals surface area contributed by atoms with Gasteiger partial charge in [-0.2, -0.15) is 0 Å². The Hall–Kier alpha value is -0.610. The van der Waals surface area contributed by atoms with Gasteiger partial charge in [0, 0.05) is 31.1 Å². The molecule has 0 bridgehead atoms. The number of carbonyl (C=O) groups excluding carboxylic acids is 1. The van der Waals surface area contributed by atoms with Crippen LogP contribution in [0.4, 0.5) is 0 Å². The number of hydrogen-bond donors (Lipinski definition) is 1.